The number of imidazole rings is 1. The van der Waals surface area contributed by atoms with Gasteiger partial charge in [-0.1, -0.05) is 0 Å². The van der Waals surface area contributed by atoms with Gasteiger partial charge in [0.1, 0.15) is 5.82 Å². The number of amides is 1. The van der Waals surface area contributed by atoms with E-state index >= 15 is 0 Å². The molecule has 0 radical (unpaired) electrons. The second-order valence-electron chi connectivity index (χ2n) is 5.11. The fraction of sp³-hybridized carbons (Fsp3) is 0.429. The summed E-state index contributed by atoms with van der Waals surface area (Å²) in [6.07, 6.45) is 0.317. The summed E-state index contributed by atoms with van der Waals surface area (Å²) in [6.45, 7) is 1.96. The Kier molecular flexibility index (Phi) is 3.85. The zero-order valence-corrected chi connectivity index (χ0v) is 11.7. The largest absolute Gasteiger partial charge is 0.378 e. The molecule has 6 nitrogen and oxygen atoms in total. The van der Waals surface area contributed by atoms with Crippen LogP contribution in [-0.2, 0) is 16.6 Å². The van der Waals surface area contributed by atoms with Crippen molar-refractivity contribution in [2.45, 2.75) is 12.5 Å². The number of hydrogen-bond donors (Lipinski definition) is 2. The molecule has 21 heavy (non-hydrogen) atoms. The molecule has 0 bridgehead atoms. The molecule has 1 saturated heterocycles. The summed E-state index contributed by atoms with van der Waals surface area (Å²) in [5.74, 6) is -0.0729. The molecule has 3 rings (SSSR count). The van der Waals surface area contributed by atoms with E-state index in [1.165, 1.54) is 12.1 Å². The van der Waals surface area contributed by atoms with Crippen molar-refractivity contribution in [3.8, 4) is 0 Å². The molecule has 7 heteroatoms. The summed E-state index contributed by atoms with van der Waals surface area (Å²) < 4.78 is 20.2. The van der Waals surface area contributed by atoms with Crippen LogP contribution in [0, 0.1) is 5.82 Å². The molecule has 1 aromatic heterocycles. The Balaban J connectivity index is 1.72. The number of nitrogens with zero attached hydrogens (tertiary/aromatic N) is 2. The molecule has 1 amide bonds. The third-order valence-corrected chi connectivity index (χ3v) is 3.52. The van der Waals surface area contributed by atoms with E-state index in [1.54, 1.807) is 17.7 Å². The Morgan fingerprint density at radius 3 is 3.24 bits per heavy atom. The van der Waals surface area contributed by atoms with Crippen LogP contribution in [0.3, 0.4) is 0 Å². The molecule has 1 aromatic carbocycles. The number of carbonyl (C=O) groups excluding carboxylic acids is 1. The van der Waals surface area contributed by atoms with Crippen molar-refractivity contribution in [2.75, 3.05) is 25.1 Å². The van der Waals surface area contributed by atoms with E-state index in [4.69, 9.17) is 4.74 Å². The van der Waals surface area contributed by atoms with Crippen molar-refractivity contribution in [1.82, 2.24) is 14.9 Å². The highest BCUT2D eigenvalue weighted by molar-refractivity contribution is 5.91. The lowest BCUT2D eigenvalue weighted by Crippen LogP contribution is -2.43. The van der Waals surface area contributed by atoms with Gasteiger partial charge in [-0.05, 0) is 12.1 Å². The van der Waals surface area contributed by atoms with Crippen molar-refractivity contribution in [3.05, 3.63) is 24.0 Å². The number of ether oxygens (including phenoxy) is 1. The highest BCUT2D eigenvalue weighted by Crippen LogP contribution is 2.19. The maximum atomic E-state index is 13.2. The van der Waals surface area contributed by atoms with Crippen LogP contribution in [-0.4, -0.2) is 41.3 Å². The number of morpholine rings is 1. The van der Waals surface area contributed by atoms with Crippen LogP contribution in [0.1, 0.15) is 6.42 Å². The lowest BCUT2D eigenvalue weighted by Gasteiger charge is -2.23. The molecule has 1 atom stereocenters. The molecule has 112 valence electrons. The monoisotopic (exact) mass is 292 g/mol. The van der Waals surface area contributed by atoms with Gasteiger partial charge in [0.05, 0.1) is 24.2 Å². The van der Waals surface area contributed by atoms with Gasteiger partial charge in [-0.3, -0.25) is 10.1 Å². The summed E-state index contributed by atoms with van der Waals surface area (Å²) in [4.78, 5) is 16.3. The van der Waals surface area contributed by atoms with Crippen molar-refractivity contribution in [2.24, 2.45) is 7.05 Å². The molecule has 1 aliphatic rings. The molecular formula is C14H17FN4O2. The van der Waals surface area contributed by atoms with Gasteiger partial charge in [0, 0.05) is 32.1 Å². The second kappa shape index (κ2) is 5.79. The minimum atomic E-state index is -0.345. The van der Waals surface area contributed by atoms with Crippen LogP contribution in [0.25, 0.3) is 11.0 Å². The fourth-order valence-corrected chi connectivity index (χ4v) is 2.44. The summed E-state index contributed by atoms with van der Waals surface area (Å²) in [5.41, 5.74) is 1.29. The van der Waals surface area contributed by atoms with Crippen molar-refractivity contribution in [1.29, 1.82) is 0 Å². The molecule has 2 heterocycles. The van der Waals surface area contributed by atoms with Gasteiger partial charge in [0.15, 0.2) is 0 Å². The van der Waals surface area contributed by atoms with Crippen molar-refractivity contribution < 1.29 is 13.9 Å². The van der Waals surface area contributed by atoms with Crippen LogP contribution in [0.4, 0.5) is 10.3 Å². The van der Waals surface area contributed by atoms with Gasteiger partial charge in [0.2, 0.25) is 11.9 Å². The SMILES string of the molecule is Cn1c(NC(=O)CC2COCCN2)nc2cc(F)ccc21. The molecule has 1 fully saturated rings. The fourth-order valence-electron chi connectivity index (χ4n) is 2.44. The molecule has 2 N–H and O–H groups in total. The maximum absolute atomic E-state index is 13.2. The molecule has 2 aromatic rings. The van der Waals surface area contributed by atoms with Gasteiger partial charge in [-0.25, -0.2) is 9.37 Å². The lowest BCUT2D eigenvalue weighted by molar-refractivity contribution is -0.117. The predicted molar refractivity (Wildman–Crippen MR) is 76.5 cm³/mol. The minimum absolute atomic E-state index is 0.0193. The van der Waals surface area contributed by atoms with Crippen LogP contribution >= 0.6 is 0 Å². The number of aryl methyl sites for hydroxylation is 1. The van der Waals surface area contributed by atoms with E-state index in [-0.39, 0.29) is 17.8 Å². The molecule has 1 unspecified atom stereocenters. The lowest BCUT2D eigenvalue weighted by atomic mass is 10.2. The van der Waals surface area contributed by atoms with E-state index in [1.807, 2.05) is 0 Å². The first-order chi connectivity index (χ1) is 10.1. The van der Waals surface area contributed by atoms with Gasteiger partial charge >= 0.3 is 0 Å². The van der Waals surface area contributed by atoms with Crippen molar-refractivity contribution >= 4 is 22.9 Å². The summed E-state index contributed by atoms with van der Waals surface area (Å²) >= 11 is 0. The number of benzene rings is 1. The minimum Gasteiger partial charge on any atom is -0.378 e. The number of halogens is 1. The first-order valence-electron chi connectivity index (χ1n) is 6.86. The highest BCUT2D eigenvalue weighted by Gasteiger charge is 2.18. The Labute approximate surface area is 121 Å². The van der Waals surface area contributed by atoms with E-state index in [9.17, 15) is 9.18 Å². The molecule has 0 spiro atoms. The Bertz CT molecular complexity index is 664. The van der Waals surface area contributed by atoms with Crippen LogP contribution < -0.4 is 10.6 Å². The Morgan fingerprint density at radius 1 is 1.62 bits per heavy atom. The average molecular weight is 292 g/mol. The van der Waals surface area contributed by atoms with Crippen LogP contribution in [0.2, 0.25) is 0 Å². The zero-order valence-electron chi connectivity index (χ0n) is 11.7. The number of rotatable bonds is 3. The smallest absolute Gasteiger partial charge is 0.228 e. The van der Waals surface area contributed by atoms with Gasteiger partial charge < -0.3 is 14.6 Å². The van der Waals surface area contributed by atoms with E-state index < -0.39 is 0 Å². The average Bonchev–Trinajstić information content (AvgIpc) is 2.75. The van der Waals surface area contributed by atoms with Gasteiger partial charge in [-0.2, -0.15) is 0 Å². The summed E-state index contributed by atoms with van der Waals surface area (Å²) in [7, 11) is 1.78. The number of aromatic nitrogens is 2. The number of nitrogens with one attached hydrogen (secondary N) is 2. The molecule has 0 aliphatic carbocycles. The van der Waals surface area contributed by atoms with E-state index in [2.05, 4.69) is 15.6 Å². The van der Waals surface area contributed by atoms with Crippen LogP contribution in [0.15, 0.2) is 18.2 Å². The first-order valence-corrected chi connectivity index (χ1v) is 6.86. The zero-order chi connectivity index (χ0) is 14.8. The summed E-state index contributed by atoms with van der Waals surface area (Å²) in [6, 6.07) is 4.38. The highest BCUT2D eigenvalue weighted by atomic mass is 19.1. The number of fused-ring (bicyclic) bond motifs is 1. The van der Waals surface area contributed by atoms with Crippen molar-refractivity contribution in [3.63, 3.8) is 0 Å². The van der Waals surface area contributed by atoms with Gasteiger partial charge in [0.25, 0.3) is 0 Å². The Morgan fingerprint density at radius 2 is 2.48 bits per heavy atom. The van der Waals surface area contributed by atoms with Crippen LogP contribution in [0.5, 0.6) is 0 Å². The second-order valence-corrected chi connectivity index (χ2v) is 5.11. The number of carbonyl (C=O) groups is 1. The molecule has 1 aliphatic heterocycles. The third-order valence-electron chi connectivity index (χ3n) is 3.52. The Hall–Kier alpha value is -1.99. The topological polar surface area (TPSA) is 68.2 Å². The normalized spacial score (nSPS) is 18.9. The number of anilines is 1. The number of hydrogen-bond acceptors (Lipinski definition) is 4. The first kappa shape index (κ1) is 14.0. The third kappa shape index (κ3) is 3.03. The van der Waals surface area contributed by atoms with E-state index in [0.29, 0.717) is 31.1 Å². The van der Waals surface area contributed by atoms with E-state index in [0.717, 1.165) is 12.1 Å². The molecular weight excluding hydrogens is 275 g/mol. The predicted octanol–water partition coefficient (Wildman–Crippen LogP) is 1.03. The molecule has 0 saturated carbocycles. The maximum Gasteiger partial charge on any atom is 0.228 e. The van der Waals surface area contributed by atoms with Gasteiger partial charge in [-0.15, -0.1) is 0 Å². The standard InChI is InChI=1S/C14H17FN4O2/c1-19-12-3-2-9(15)6-11(12)17-14(19)18-13(20)7-10-8-21-5-4-16-10/h2-3,6,10,16H,4-5,7-8H2,1H3,(H,17,18,20). The quantitative estimate of drug-likeness (QED) is 0.886. The summed E-state index contributed by atoms with van der Waals surface area (Å²) in [5, 5.41) is 5.98.